The molecular weight excluding hydrogens is 538 g/mol. The van der Waals surface area contributed by atoms with E-state index < -0.39 is 29.6 Å². The number of halogens is 1. The predicted octanol–water partition coefficient (Wildman–Crippen LogP) is 5.24. The predicted molar refractivity (Wildman–Crippen MR) is 159 cm³/mol. The highest BCUT2D eigenvalue weighted by molar-refractivity contribution is 6.30. The van der Waals surface area contributed by atoms with Crippen LogP contribution in [0.1, 0.15) is 63.0 Å². The van der Waals surface area contributed by atoms with E-state index in [4.69, 9.17) is 16.3 Å². The van der Waals surface area contributed by atoms with Gasteiger partial charge in [-0.1, -0.05) is 81.1 Å². The Morgan fingerprint density at radius 1 is 1.02 bits per heavy atom. The van der Waals surface area contributed by atoms with Gasteiger partial charge in [0.25, 0.3) is 0 Å². The van der Waals surface area contributed by atoms with Crippen LogP contribution in [0.15, 0.2) is 60.7 Å². The molecule has 3 fully saturated rings. The highest BCUT2D eigenvalue weighted by atomic mass is 35.5. The molecule has 216 valence electrons. The first-order valence-electron chi connectivity index (χ1n) is 14.9. The average Bonchev–Trinajstić information content (AvgIpc) is 3.61. The Balaban J connectivity index is 1.27. The van der Waals surface area contributed by atoms with Crippen LogP contribution in [-0.4, -0.2) is 53.0 Å². The van der Waals surface area contributed by atoms with Crippen LogP contribution < -0.4 is 10.6 Å². The molecule has 2 saturated heterocycles. The molecule has 0 radical (unpaired) electrons. The highest BCUT2D eigenvalue weighted by Crippen LogP contribution is 2.55. The van der Waals surface area contributed by atoms with Crippen molar-refractivity contribution in [1.29, 1.82) is 0 Å². The summed E-state index contributed by atoms with van der Waals surface area (Å²) in [6, 6.07) is 14.6. The number of carbonyl (C=O) groups excluding carboxylic acids is 3. The summed E-state index contributed by atoms with van der Waals surface area (Å²) in [5.74, 6) is -1.76. The number of benzene rings is 2. The number of hydrogen-bond acceptors (Lipinski definition) is 4. The average molecular weight is 576 g/mol. The molecule has 2 aromatic rings. The maximum Gasteiger partial charge on any atom is 0.246 e. The molecule has 3 aliphatic heterocycles. The third kappa shape index (κ3) is 5.19. The number of likely N-dealkylation sites (tertiary alicyclic amines) is 1. The van der Waals surface area contributed by atoms with Gasteiger partial charge in [-0.15, -0.1) is 0 Å². The van der Waals surface area contributed by atoms with E-state index in [1.807, 2.05) is 60.7 Å². The first-order valence-corrected chi connectivity index (χ1v) is 15.3. The fourth-order valence-electron chi connectivity index (χ4n) is 7.11. The Kier molecular flexibility index (Phi) is 7.68. The van der Waals surface area contributed by atoms with Crippen molar-refractivity contribution >= 4 is 35.0 Å². The molecule has 3 heterocycles. The summed E-state index contributed by atoms with van der Waals surface area (Å²) in [6.45, 7) is 4.59. The lowest BCUT2D eigenvalue weighted by Gasteiger charge is -2.34. The SMILES string of the molecule is CC(C)c1ccc(NC(=O)[C@H]2[C@H]3C=C[C@]4(O3)[C@H](C(=O)NC3CCCCC3)N(CCc3ccc(Cl)cc3)C(=O)[C@@H]24)cc1. The molecule has 2 bridgehead atoms. The Morgan fingerprint density at radius 2 is 1.73 bits per heavy atom. The second-order valence-electron chi connectivity index (χ2n) is 12.2. The fraction of sp³-hybridized carbons (Fsp3) is 0.485. The molecule has 6 rings (SSSR count). The molecule has 41 heavy (non-hydrogen) atoms. The number of fused-ring (bicyclic) bond motifs is 1. The van der Waals surface area contributed by atoms with Gasteiger partial charge in [0.05, 0.1) is 17.9 Å². The van der Waals surface area contributed by atoms with Crippen LogP contribution in [0.3, 0.4) is 0 Å². The molecule has 1 saturated carbocycles. The second kappa shape index (κ2) is 11.3. The van der Waals surface area contributed by atoms with E-state index >= 15 is 0 Å². The maximum absolute atomic E-state index is 14.2. The molecule has 8 heteroatoms. The largest absolute Gasteiger partial charge is 0.359 e. The summed E-state index contributed by atoms with van der Waals surface area (Å²) in [5, 5.41) is 6.90. The summed E-state index contributed by atoms with van der Waals surface area (Å²) >= 11 is 6.07. The normalized spacial score (nSPS) is 28.8. The lowest BCUT2D eigenvalue weighted by atomic mass is 9.74. The number of carbonyl (C=O) groups is 3. The van der Waals surface area contributed by atoms with Crippen LogP contribution >= 0.6 is 11.6 Å². The highest BCUT2D eigenvalue weighted by Gasteiger charge is 2.72. The minimum absolute atomic E-state index is 0.0930. The van der Waals surface area contributed by atoms with Crippen molar-refractivity contribution in [3.05, 3.63) is 76.8 Å². The topological polar surface area (TPSA) is 87.7 Å². The number of nitrogens with one attached hydrogen (secondary N) is 2. The first kappa shape index (κ1) is 28.0. The van der Waals surface area contributed by atoms with Gasteiger partial charge in [-0.05, 0) is 60.6 Å². The van der Waals surface area contributed by atoms with Gasteiger partial charge in [-0.2, -0.15) is 0 Å². The van der Waals surface area contributed by atoms with Crippen LogP contribution in [0.2, 0.25) is 5.02 Å². The molecule has 5 atom stereocenters. The quantitative estimate of drug-likeness (QED) is 0.421. The molecule has 4 aliphatic rings. The van der Waals surface area contributed by atoms with Crippen molar-refractivity contribution in [2.75, 3.05) is 11.9 Å². The Morgan fingerprint density at radius 3 is 2.41 bits per heavy atom. The summed E-state index contributed by atoms with van der Waals surface area (Å²) in [7, 11) is 0. The minimum atomic E-state index is -1.16. The zero-order valence-corrected chi connectivity index (χ0v) is 24.4. The van der Waals surface area contributed by atoms with Crippen LogP contribution in [0.4, 0.5) is 5.69 Å². The van der Waals surface area contributed by atoms with Crippen LogP contribution in [0, 0.1) is 11.8 Å². The zero-order chi connectivity index (χ0) is 28.7. The minimum Gasteiger partial charge on any atom is -0.359 e. The molecule has 0 unspecified atom stereocenters. The molecule has 0 aromatic heterocycles. The number of hydrogen-bond donors (Lipinski definition) is 2. The maximum atomic E-state index is 14.2. The Hall–Kier alpha value is -3.16. The lowest BCUT2D eigenvalue weighted by Crippen LogP contribution is -2.56. The molecular formula is C33H38ClN3O4. The van der Waals surface area contributed by atoms with Crippen LogP contribution in [0.25, 0.3) is 0 Å². The van der Waals surface area contributed by atoms with E-state index in [1.54, 1.807) is 4.90 Å². The monoisotopic (exact) mass is 575 g/mol. The third-order valence-corrected chi connectivity index (χ3v) is 9.53. The van der Waals surface area contributed by atoms with Gasteiger partial charge in [0.1, 0.15) is 11.6 Å². The smallest absolute Gasteiger partial charge is 0.246 e. The van der Waals surface area contributed by atoms with Gasteiger partial charge in [0, 0.05) is 23.3 Å². The van der Waals surface area contributed by atoms with E-state index in [9.17, 15) is 14.4 Å². The van der Waals surface area contributed by atoms with E-state index in [-0.39, 0.29) is 23.8 Å². The number of ether oxygens (including phenoxy) is 1. The lowest BCUT2D eigenvalue weighted by molar-refractivity contribution is -0.141. The number of anilines is 1. The van der Waals surface area contributed by atoms with Gasteiger partial charge in [0.15, 0.2) is 0 Å². The number of rotatable bonds is 8. The summed E-state index contributed by atoms with van der Waals surface area (Å²) in [5.41, 5.74) is 1.71. The number of nitrogens with zero attached hydrogens (tertiary/aromatic N) is 1. The Bertz CT molecular complexity index is 1340. The second-order valence-corrected chi connectivity index (χ2v) is 12.7. The third-order valence-electron chi connectivity index (χ3n) is 9.28. The van der Waals surface area contributed by atoms with E-state index in [0.29, 0.717) is 29.6 Å². The molecule has 2 N–H and O–H groups in total. The van der Waals surface area contributed by atoms with Gasteiger partial charge in [-0.3, -0.25) is 14.4 Å². The molecule has 7 nitrogen and oxygen atoms in total. The molecule has 2 aromatic carbocycles. The zero-order valence-electron chi connectivity index (χ0n) is 23.6. The van der Waals surface area contributed by atoms with E-state index in [1.165, 1.54) is 12.0 Å². The van der Waals surface area contributed by atoms with E-state index in [0.717, 1.165) is 31.2 Å². The standard InChI is InChI=1S/C33H38ClN3O4/c1-20(2)22-10-14-25(15-11-22)35-30(38)27-26-16-18-33(41-26)28(27)32(40)37(19-17-21-8-12-23(34)13-9-21)29(33)31(39)36-24-6-4-3-5-7-24/h8-16,18,20,24,26-29H,3-7,17,19H2,1-2H3,(H,35,38)(H,36,39)/t26-,27+,28-,29+,33-/m1/s1. The summed E-state index contributed by atoms with van der Waals surface area (Å²) in [6.07, 6.45) is 8.96. The van der Waals surface area contributed by atoms with Crippen molar-refractivity contribution in [3.8, 4) is 0 Å². The van der Waals surface area contributed by atoms with E-state index in [2.05, 4.69) is 24.5 Å². The van der Waals surface area contributed by atoms with Gasteiger partial charge < -0.3 is 20.3 Å². The van der Waals surface area contributed by atoms with Crippen molar-refractivity contribution in [2.45, 2.75) is 82.1 Å². The van der Waals surface area contributed by atoms with Gasteiger partial charge in [0.2, 0.25) is 17.7 Å². The molecule has 1 spiro atoms. The van der Waals surface area contributed by atoms with Crippen molar-refractivity contribution in [3.63, 3.8) is 0 Å². The summed E-state index contributed by atoms with van der Waals surface area (Å²) in [4.78, 5) is 43.5. The molecule has 3 amide bonds. The van der Waals surface area contributed by atoms with Crippen molar-refractivity contribution < 1.29 is 19.1 Å². The van der Waals surface area contributed by atoms with Gasteiger partial charge in [-0.25, -0.2) is 0 Å². The molecule has 1 aliphatic carbocycles. The van der Waals surface area contributed by atoms with Crippen molar-refractivity contribution in [1.82, 2.24) is 10.2 Å². The van der Waals surface area contributed by atoms with Crippen molar-refractivity contribution in [2.24, 2.45) is 11.8 Å². The van der Waals surface area contributed by atoms with Crippen LogP contribution in [-0.2, 0) is 25.5 Å². The summed E-state index contributed by atoms with van der Waals surface area (Å²) < 4.78 is 6.48. The fourth-order valence-corrected chi connectivity index (χ4v) is 7.24. The Labute approximate surface area is 246 Å². The number of amides is 3. The van der Waals surface area contributed by atoms with Gasteiger partial charge >= 0.3 is 0 Å². The first-order chi connectivity index (χ1) is 19.8. The van der Waals surface area contributed by atoms with Crippen LogP contribution in [0.5, 0.6) is 0 Å².